The van der Waals surface area contributed by atoms with Gasteiger partial charge in [-0.1, -0.05) is 91.0 Å². The van der Waals surface area contributed by atoms with Crippen LogP contribution in [0.15, 0.2) is 174 Å². The summed E-state index contributed by atoms with van der Waals surface area (Å²) in [7, 11) is 0. The number of nitrogens with zero attached hydrogens (tertiary/aromatic N) is 2. The fourth-order valence-electron chi connectivity index (χ4n) is 7.92. The predicted octanol–water partition coefficient (Wildman–Crippen LogP) is 13.7. The molecule has 50 heavy (non-hydrogen) atoms. The number of rotatable bonds is 4. The minimum absolute atomic E-state index is 0.914. The van der Waals surface area contributed by atoms with E-state index >= 15 is 0 Å². The van der Waals surface area contributed by atoms with Crippen LogP contribution in [-0.2, 0) is 0 Å². The lowest BCUT2D eigenvalue weighted by Gasteiger charge is -2.27. The standard InChI is InChI=1S/C46H28N2OS/c1-2-11-31(12-3-1)48-39-16-7-4-13-34(39)35-24-23-33(28-41(35)48)47(40-17-10-20-45-46(40)37-15-6-9-19-44(37)50-45)32-22-21-29-27-43-38(26-30(29)25-32)36-14-5-8-18-42(36)49-43/h1-28H. The van der Waals surface area contributed by atoms with Crippen LogP contribution >= 0.6 is 11.3 Å². The summed E-state index contributed by atoms with van der Waals surface area (Å²) >= 11 is 1.85. The normalized spacial score (nSPS) is 12.0. The monoisotopic (exact) mass is 656 g/mol. The zero-order chi connectivity index (χ0) is 32.8. The molecule has 0 fully saturated rings. The number of thiophene rings is 1. The third-order valence-electron chi connectivity index (χ3n) is 10.1. The van der Waals surface area contributed by atoms with Gasteiger partial charge in [0.2, 0.25) is 0 Å². The van der Waals surface area contributed by atoms with E-state index in [2.05, 4.69) is 167 Å². The number of furan rings is 1. The Bertz CT molecular complexity index is 3110. The molecule has 0 bridgehead atoms. The molecule has 3 nitrogen and oxygen atoms in total. The maximum Gasteiger partial charge on any atom is 0.136 e. The van der Waals surface area contributed by atoms with Crippen LogP contribution in [-0.4, -0.2) is 4.57 Å². The molecular formula is C46H28N2OS. The van der Waals surface area contributed by atoms with Gasteiger partial charge in [-0.25, -0.2) is 0 Å². The van der Waals surface area contributed by atoms with Gasteiger partial charge in [0.25, 0.3) is 0 Å². The Morgan fingerprint density at radius 3 is 2.08 bits per heavy atom. The van der Waals surface area contributed by atoms with Crippen LogP contribution in [0, 0.1) is 0 Å². The van der Waals surface area contributed by atoms with Gasteiger partial charge in [0, 0.05) is 58.8 Å². The molecule has 0 saturated carbocycles. The van der Waals surface area contributed by atoms with Gasteiger partial charge in [0.05, 0.1) is 16.7 Å². The number of hydrogen-bond acceptors (Lipinski definition) is 3. The van der Waals surface area contributed by atoms with Crippen molar-refractivity contribution in [2.75, 3.05) is 4.90 Å². The molecule has 0 radical (unpaired) electrons. The SMILES string of the molecule is c1ccc(-n2c3ccccc3c3ccc(N(c4ccc5cc6oc7ccccc7c6cc5c4)c4cccc5sc6ccccc6c45)cc32)cc1. The van der Waals surface area contributed by atoms with Crippen molar-refractivity contribution in [1.29, 1.82) is 0 Å². The van der Waals surface area contributed by atoms with E-state index in [1.165, 1.54) is 47.4 Å². The van der Waals surface area contributed by atoms with Crippen LogP contribution in [0.1, 0.15) is 0 Å². The summed E-state index contributed by atoms with van der Waals surface area (Å²) < 4.78 is 11.2. The zero-order valence-electron chi connectivity index (χ0n) is 26.9. The van der Waals surface area contributed by atoms with E-state index in [0.29, 0.717) is 0 Å². The molecule has 0 unspecified atom stereocenters. The van der Waals surface area contributed by atoms with Crippen LogP contribution in [0.25, 0.3) is 80.4 Å². The minimum Gasteiger partial charge on any atom is -0.456 e. The molecule has 4 heteroatoms. The summed E-state index contributed by atoms with van der Waals surface area (Å²) in [6.07, 6.45) is 0. The Morgan fingerprint density at radius 2 is 1.16 bits per heavy atom. The molecule has 11 aromatic rings. The van der Waals surface area contributed by atoms with Crippen molar-refractivity contribution < 1.29 is 4.42 Å². The first kappa shape index (κ1) is 27.6. The maximum atomic E-state index is 6.26. The molecule has 0 amide bonds. The summed E-state index contributed by atoms with van der Waals surface area (Å²) in [6.45, 7) is 0. The summed E-state index contributed by atoms with van der Waals surface area (Å²) in [5.74, 6) is 0. The molecule has 3 heterocycles. The number of hydrogen-bond donors (Lipinski definition) is 0. The van der Waals surface area contributed by atoms with E-state index < -0.39 is 0 Å². The van der Waals surface area contributed by atoms with Gasteiger partial charge in [-0.05, 0) is 89.6 Å². The molecule has 0 N–H and O–H groups in total. The van der Waals surface area contributed by atoms with Gasteiger partial charge >= 0.3 is 0 Å². The van der Waals surface area contributed by atoms with E-state index in [9.17, 15) is 0 Å². The molecule has 0 aliphatic rings. The molecule has 0 aliphatic carbocycles. The Labute approximate surface area is 291 Å². The quantitative estimate of drug-likeness (QED) is 0.188. The van der Waals surface area contributed by atoms with Gasteiger partial charge in [-0.2, -0.15) is 0 Å². The first-order chi connectivity index (χ1) is 24.8. The highest BCUT2D eigenvalue weighted by Crippen LogP contribution is 2.46. The molecule has 11 rings (SSSR count). The van der Waals surface area contributed by atoms with Crippen molar-refractivity contribution in [2.45, 2.75) is 0 Å². The average molecular weight is 657 g/mol. The Morgan fingerprint density at radius 1 is 0.440 bits per heavy atom. The predicted molar refractivity (Wildman–Crippen MR) is 213 cm³/mol. The highest BCUT2D eigenvalue weighted by molar-refractivity contribution is 7.26. The van der Waals surface area contributed by atoms with Crippen LogP contribution in [0.3, 0.4) is 0 Å². The topological polar surface area (TPSA) is 21.3 Å². The smallest absolute Gasteiger partial charge is 0.136 e. The molecule has 0 aliphatic heterocycles. The Kier molecular flexibility index (Phi) is 5.83. The second-order valence-corrected chi connectivity index (χ2v) is 14.0. The second kappa shape index (κ2) is 10.6. The van der Waals surface area contributed by atoms with Gasteiger partial charge in [0.15, 0.2) is 0 Å². The maximum absolute atomic E-state index is 6.26. The van der Waals surface area contributed by atoms with Crippen LogP contribution in [0.5, 0.6) is 0 Å². The summed E-state index contributed by atoms with van der Waals surface area (Å²) in [5.41, 5.74) is 8.73. The number of aromatic nitrogens is 1. The lowest BCUT2D eigenvalue weighted by molar-refractivity contribution is 0.669. The number of para-hydroxylation sites is 3. The van der Waals surface area contributed by atoms with Crippen molar-refractivity contribution in [3.8, 4) is 5.69 Å². The summed E-state index contributed by atoms with van der Waals surface area (Å²) in [6, 6.07) is 61.4. The Hall–Kier alpha value is -6.36. The van der Waals surface area contributed by atoms with Crippen molar-refractivity contribution >= 4 is 103 Å². The molecule has 3 aromatic heterocycles. The molecule has 0 saturated heterocycles. The molecular weight excluding hydrogens is 629 g/mol. The number of benzene rings is 8. The number of fused-ring (bicyclic) bond motifs is 10. The Balaban J connectivity index is 1.21. The fourth-order valence-corrected chi connectivity index (χ4v) is 9.04. The van der Waals surface area contributed by atoms with Gasteiger partial charge in [-0.3, -0.25) is 0 Å². The first-order valence-electron chi connectivity index (χ1n) is 16.9. The van der Waals surface area contributed by atoms with Crippen LogP contribution < -0.4 is 4.90 Å². The van der Waals surface area contributed by atoms with E-state index in [1.807, 2.05) is 23.5 Å². The lowest BCUT2D eigenvalue weighted by atomic mass is 10.0. The van der Waals surface area contributed by atoms with Crippen LogP contribution in [0.4, 0.5) is 17.1 Å². The highest BCUT2D eigenvalue weighted by atomic mass is 32.1. The summed E-state index contributed by atoms with van der Waals surface area (Å²) in [5, 5.41) is 9.63. The molecule has 234 valence electrons. The third kappa shape index (κ3) is 4.03. The lowest BCUT2D eigenvalue weighted by Crippen LogP contribution is -2.10. The van der Waals surface area contributed by atoms with Crippen molar-refractivity contribution in [2.24, 2.45) is 0 Å². The van der Waals surface area contributed by atoms with Gasteiger partial charge < -0.3 is 13.9 Å². The van der Waals surface area contributed by atoms with E-state index in [4.69, 9.17) is 4.42 Å². The largest absolute Gasteiger partial charge is 0.456 e. The summed E-state index contributed by atoms with van der Waals surface area (Å²) in [4.78, 5) is 2.45. The average Bonchev–Trinajstić information content (AvgIpc) is 3.84. The zero-order valence-corrected chi connectivity index (χ0v) is 27.7. The van der Waals surface area contributed by atoms with Crippen molar-refractivity contribution in [1.82, 2.24) is 4.57 Å². The van der Waals surface area contributed by atoms with E-state index in [1.54, 1.807) is 0 Å². The highest BCUT2D eigenvalue weighted by Gasteiger charge is 2.21. The van der Waals surface area contributed by atoms with Gasteiger partial charge in [0.1, 0.15) is 11.2 Å². The molecule has 8 aromatic carbocycles. The number of anilines is 3. The van der Waals surface area contributed by atoms with E-state index in [0.717, 1.165) is 50.1 Å². The van der Waals surface area contributed by atoms with Crippen LogP contribution in [0.2, 0.25) is 0 Å². The van der Waals surface area contributed by atoms with E-state index in [-0.39, 0.29) is 0 Å². The third-order valence-corrected chi connectivity index (χ3v) is 11.3. The van der Waals surface area contributed by atoms with Crippen molar-refractivity contribution in [3.63, 3.8) is 0 Å². The van der Waals surface area contributed by atoms with Crippen molar-refractivity contribution in [3.05, 3.63) is 170 Å². The fraction of sp³-hybridized carbons (Fsp3) is 0. The molecule has 0 atom stereocenters. The molecule has 0 spiro atoms. The first-order valence-corrected chi connectivity index (χ1v) is 17.7. The van der Waals surface area contributed by atoms with Gasteiger partial charge in [-0.15, -0.1) is 11.3 Å². The minimum atomic E-state index is 0.914. The second-order valence-electron chi connectivity index (χ2n) is 13.0.